The van der Waals surface area contributed by atoms with Gasteiger partial charge < -0.3 is 10.3 Å². The van der Waals surface area contributed by atoms with E-state index < -0.39 is 0 Å². The van der Waals surface area contributed by atoms with Crippen LogP contribution in [0, 0.1) is 5.92 Å². The summed E-state index contributed by atoms with van der Waals surface area (Å²) in [6, 6.07) is 0. The number of rotatable bonds is 5. The minimum atomic E-state index is 0.574. The highest BCUT2D eigenvalue weighted by Gasteiger charge is 2.14. The molecule has 0 aliphatic rings. The minimum absolute atomic E-state index is 0.574. The summed E-state index contributed by atoms with van der Waals surface area (Å²) in [7, 11) is 0. The van der Waals surface area contributed by atoms with E-state index in [9.17, 15) is 0 Å². The zero-order valence-corrected chi connectivity index (χ0v) is 9.34. The Morgan fingerprint density at radius 3 is 2.71 bits per heavy atom. The lowest BCUT2D eigenvalue weighted by Crippen LogP contribution is -2.00. The molecule has 0 saturated carbocycles. The molecule has 1 heterocycles. The van der Waals surface area contributed by atoms with Crippen LogP contribution in [0.1, 0.15) is 44.9 Å². The maximum Gasteiger partial charge on any atom is 0.170 e. The fourth-order valence-corrected chi connectivity index (χ4v) is 1.50. The van der Waals surface area contributed by atoms with Gasteiger partial charge in [0.2, 0.25) is 0 Å². The molecule has 1 unspecified atom stereocenters. The molecular weight excluding hydrogens is 176 g/mol. The molecule has 3 nitrogen and oxygen atoms in total. The third-order valence-corrected chi connectivity index (χ3v) is 2.63. The first-order valence-electron chi connectivity index (χ1n) is 5.41. The number of nitrogens with two attached hydrogens (primary N) is 1. The lowest BCUT2D eigenvalue weighted by Gasteiger charge is -2.06. The number of hydrogen-bond acceptors (Lipinski definition) is 3. The fraction of sp³-hybridized carbons (Fsp3) is 0.727. The fourth-order valence-electron chi connectivity index (χ4n) is 1.50. The lowest BCUT2D eigenvalue weighted by molar-refractivity contribution is 0.361. The predicted octanol–water partition coefficient (Wildman–Crippen LogP) is 2.80. The van der Waals surface area contributed by atoms with Gasteiger partial charge in [-0.25, -0.2) is 0 Å². The molecule has 0 aliphatic carbocycles. The second-order valence-corrected chi connectivity index (χ2v) is 3.94. The van der Waals surface area contributed by atoms with Crippen LogP contribution >= 0.6 is 0 Å². The molecule has 0 aliphatic heterocycles. The molecule has 2 N–H and O–H groups in total. The van der Waals surface area contributed by atoms with Crippen LogP contribution in [0.4, 0.5) is 5.82 Å². The molecule has 1 rings (SSSR count). The second-order valence-electron chi connectivity index (χ2n) is 3.94. The van der Waals surface area contributed by atoms with Crippen LogP contribution in [0.15, 0.2) is 4.52 Å². The predicted molar refractivity (Wildman–Crippen MR) is 58.1 cm³/mol. The van der Waals surface area contributed by atoms with Crippen LogP contribution in [0.3, 0.4) is 0 Å². The molecule has 14 heavy (non-hydrogen) atoms. The molecule has 1 aromatic heterocycles. The van der Waals surface area contributed by atoms with Gasteiger partial charge in [0, 0.05) is 12.0 Å². The molecule has 0 radical (unpaired) electrons. The first-order chi connectivity index (χ1) is 6.69. The Labute approximate surface area is 85.7 Å². The Hall–Kier alpha value is -0.990. The van der Waals surface area contributed by atoms with Crippen LogP contribution in [0.25, 0.3) is 0 Å². The van der Waals surface area contributed by atoms with E-state index in [1.54, 1.807) is 0 Å². The van der Waals surface area contributed by atoms with Crippen LogP contribution in [-0.4, -0.2) is 5.16 Å². The van der Waals surface area contributed by atoms with Crippen LogP contribution < -0.4 is 5.73 Å². The van der Waals surface area contributed by atoms with Gasteiger partial charge in [-0.2, -0.15) is 0 Å². The molecule has 1 atom stereocenters. The zero-order valence-electron chi connectivity index (χ0n) is 9.34. The maximum atomic E-state index is 5.74. The standard InChI is InChI=1S/C11H20N2O/c1-4-6-9-10(7-8(3)5-2)14-13-11(9)12/h8H,4-7H2,1-3H3,(H2,12,13). The van der Waals surface area contributed by atoms with Gasteiger partial charge in [0.05, 0.1) is 0 Å². The summed E-state index contributed by atoms with van der Waals surface area (Å²) >= 11 is 0. The van der Waals surface area contributed by atoms with Gasteiger partial charge in [-0.1, -0.05) is 38.8 Å². The quantitative estimate of drug-likeness (QED) is 0.787. The molecule has 0 spiro atoms. The van der Waals surface area contributed by atoms with Gasteiger partial charge in [-0.05, 0) is 12.3 Å². The number of aromatic nitrogens is 1. The Bertz CT molecular complexity index is 281. The van der Waals surface area contributed by atoms with Crippen molar-refractivity contribution in [3.8, 4) is 0 Å². The van der Waals surface area contributed by atoms with Crippen molar-refractivity contribution in [1.82, 2.24) is 5.16 Å². The van der Waals surface area contributed by atoms with Gasteiger partial charge in [0.25, 0.3) is 0 Å². The topological polar surface area (TPSA) is 52.0 Å². The van der Waals surface area contributed by atoms with E-state index in [1.165, 1.54) is 0 Å². The zero-order chi connectivity index (χ0) is 10.6. The average Bonchev–Trinajstić information content (AvgIpc) is 2.50. The summed E-state index contributed by atoms with van der Waals surface area (Å²) in [4.78, 5) is 0. The van der Waals surface area contributed by atoms with Crippen molar-refractivity contribution in [2.45, 2.75) is 46.5 Å². The van der Waals surface area contributed by atoms with Crippen molar-refractivity contribution < 1.29 is 4.52 Å². The first-order valence-corrected chi connectivity index (χ1v) is 5.41. The van der Waals surface area contributed by atoms with Crippen molar-refractivity contribution >= 4 is 5.82 Å². The lowest BCUT2D eigenvalue weighted by atomic mass is 9.99. The highest BCUT2D eigenvalue weighted by atomic mass is 16.5. The van der Waals surface area contributed by atoms with E-state index in [4.69, 9.17) is 10.3 Å². The number of nitrogen functional groups attached to an aromatic ring is 1. The highest BCUT2D eigenvalue weighted by Crippen LogP contribution is 2.22. The van der Waals surface area contributed by atoms with Gasteiger partial charge in [-0.15, -0.1) is 0 Å². The van der Waals surface area contributed by atoms with Crippen molar-refractivity contribution in [2.75, 3.05) is 5.73 Å². The molecule has 0 bridgehead atoms. The van der Waals surface area contributed by atoms with E-state index >= 15 is 0 Å². The van der Waals surface area contributed by atoms with Gasteiger partial charge >= 0.3 is 0 Å². The molecule has 0 saturated heterocycles. The van der Waals surface area contributed by atoms with Gasteiger partial charge in [-0.3, -0.25) is 0 Å². The summed E-state index contributed by atoms with van der Waals surface area (Å²) in [5.74, 6) is 2.20. The summed E-state index contributed by atoms with van der Waals surface area (Å²) in [6.45, 7) is 6.54. The first kappa shape index (κ1) is 11.1. The monoisotopic (exact) mass is 196 g/mol. The smallest absolute Gasteiger partial charge is 0.170 e. The van der Waals surface area contributed by atoms with E-state index in [0.717, 1.165) is 37.0 Å². The highest BCUT2D eigenvalue weighted by molar-refractivity contribution is 5.40. The molecule has 0 aromatic carbocycles. The molecular formula is C11H20N2O. The van der Waals surface area contributed by atoms with Crippen molar-refractivity contribution in [3.05, 3.63) is 11.3 Å². The van der Waals surface area contributed by atoms with Crippen LogP contribution in [0.2, 0.25) is 0 Å². The van der Waals surface area contributed by atoms with Crippen molar-refractivity contribution in [1.29, 1.82) is 0 Å². The Balaban J connectivity index is 2.75. The Morgan fingerprint density at radius 1 is 1.43 bits per heavy atom. The molecule has 3 heteroatoms. The normalized spacial score (nSPS) is 13.1. The van der Waals surface area contributed by atoms with E-state index in [-0.39, 0.29) is 0 Å². The largest absolute Gasteiger partial charge is 0.381 e. The van der Waals surface area contributed by atoms with Gasteiger partial charge in [0.15, 0.2) is 5.82 Å². The van der Waals surface area contributed by atoms with Crippen LogP contribution in [0.5, 0.6) is 0 Å². The summed E-state index contributed by atoms with van der Waals surface area (Å²) in [5.41, 5.74) is 6.86. The third-order valence-electron chi connectivity index (χ3n) is 2.63. The molecule has 0 fully saturated rings. The van der Waals surface area contributed by atoms with E-state index in [1.807, 2.05) is 0 Å². The Kier molecular flexibility index (Phi) is 3.98. The summed E-state index contributed by atoms with van der Waals surface area (Å²) < 4.78 is 5.25. The summed E-state index contributed by atoms with van der Waals surface area (Å²) in [6.07, 6.45) is 4.17. The third kappa shape index (κ3) is 2.50. The minimum Gasteiger partial charge on any atom is -0.381 e. The van der Waals surface area contributed by atoms with Crippen molar-refractivity contribution in [3.63, 3.8) is 0 Å². The van der Waals surface area contributed by atoms with E-state index in [2.05, 4.69) is 25.9 Å². The Morgan fingerprint density at radius 2 is 2.14 bits per heavy atom. The second kappa shape index (κ2) is 5.03. The molecule has 1 aromatic rings. The molecule has 0 amide bonds. The van der Waals surface area contributed by atoms with Crippen LogP contribution in [-0.2, 0) is 12.8 Å². The molecule has 80 valence electrons. The number of nitrogens with zero attached hydrogens (tertiary/aromatic N) is 1. The average molecular weight is 196 g/mol. The summed E-state index contributed by atoms with van der Waals surface area (Å²) in [5, 5.41) is 3.83. The number of anilines is 1. The maximum absolute atomic E-state index is 5.74. The van der Waals surface area contributed by atoms with Gasteiger partial charge in [0.1, 0.15) is 5.76 Å². The van der Waals surface area contributed by atoms with Crippen molar-refractivity contribution in [2.24, 2.45) is 5.92 Å². The van der Waals surface area contributed by atoms with E-state index in [0.29, 0.717) is 11.7 Å². The SMILES string of the molecule is CCCc1c(N)noc1CC(C)CC. The number of hydrogen-bond donors (Lipinski definition) is 1.